The first-order valence-electron chi connectivity index (χ1n) is 6.81. The predicted octanol–water partition coefficient (Wildman–Crippen LogP) is 3.74. The summed E-state index contributed by atoms with van der Waals surface area (Å²) in [4.78, 5) is 1.30. The van der Waals surface area contributed by atoms with Gasteiger partial charge in [-0.2, -0.15) is 0 Å². The van der Waals surface area contributed by atoms with Gasteiger partial charge in [0.15, 0.2) is 0 Å². The largest absolute Gasteiger partial charge is 0.271 e. The van der Waals surface area contributed by atoms with Gasteiger partial charge < -0.3 is 0 Å². The summed E-state index contributed by atoms with van der Waals surface area (Å²) in [6.45, 7) is 0. The molecular formula is C16H16ClFN2S. The maximum atomic E-state index is 13.4. The van der Waals surface area contributed by atoms with Crippen LogP contribution in [0.25, 0.3) is 0 Å². The topological polar surface area (TPSA) is 38.0 Å². The maximum Gasteiger partial charge on any atom is 0.123 e. The predicted molar refractivity (Wildman–Crippen MR) is 86.1 cm³/mol. The summed E-state index contributed by atoms with van der Waals surface area (Å²) in [7, 11) is 0. The van der Waals surface area contributed by atoms with Crippen LogP contribution in [-0.4, -0.2) is 11.8 Å². The Morgan fingerprint density at radius 3 is 2.95 bits per heavy atom. The molecule has 0 saturated carbocycles. The third kappa shape index (κ3) is 3.09. The molecular weight excluding hydrogens is 307 g/mol. The molecule has 110 valence electrons. The Kier molecular flexibility index (Phi) is 4.50. The van der Waals surface area contributed by atoms with E-state index in [1.807, 2.05) is 23.9 Å². The summed E-state index contributed by atoms with van der Waals surface area (Å²) in [5.74, 6) is 6.75. The average Bonchev–Trinajstić information content (AvgIpc) is 2.92. The van der Waals surface area contributed by atoms with Crippen molar-refractivity contribution in [3.05, 3.63) is 64.4 Å². The van der Waals surface area contributed by atoms with Gasteiger partial charge in [-0.25, -0.2) is 4.39 Å². The lowest BCUT2D eigenvalue weighted by Crippen LogP contribution is -2.41. The molecule has 1 heterocycles. The molecule has 2 nitrogen and oxygen atoms in total. The van der Waals surface area contributed by atoms with Crippen LogP contribution >= 0.6 is 23.4 Å². The minimum Gasteiger partial charge on any atom is -0.271 e. The number of hydrogen-bond donors (Lipinski definition) is 2. The standard InChI is InChI=1S/C16H16ClFN2S/c17-14-6-5-11(18)7-10(14)8-15(20-19)13-9-21-16-4-2-1-3-12(13)16/h1-7,13,15,20H,8-9,19H2. The van der Waals surface area contributed by atoms with Crippen LogP contribution in [0.3, 0.4) is 0 Å². The minimum absolute atomic E-state index is 0.0282. The van der Waals surface area contributed by atoms with Gasteiger partial charge in [0.25, 0.3) is 0 Å². The van der Waals surface area contributed by atoms with Crippen molar-refractivity contribution in [2.45, 2.75) is 23.3 Å². The second kappa shape index (κ2) is 6.36. The lowest BCUT2D eigenvalue weighted by atomic mass is 9.89. The fourth-order valence-electron chi connectivity index (χ4n) is 2.77. The van der Waals surface area contributed by atoms with Crippen molar-refractivity contribution in [3.8, 4) is 0 Å². The number of hydrogen-bond acceptors (Lipinski definition) is 3. The number of benzene rings is 2. The van der Waals surface area contributed by atoms with E-state index in [-0.39, 0.29) is 11.9 Å². The van der Waals surface area contributed by atoms with Gasteiger partial charge in [0.1, 0.15) is 5.82 Å². The fraction of sp³-hybridized carbons (Fsp3) is 0.250. The van der Waals surface area contributed by atoms with E-state index in [0.717, 1.165) is 11.3 Å². The average molecular weight is 323 g/mol. The normalized spacial score (nSPS) is 18.5. The van der Waals surface area contributed by atoms with Crippen LogP contribution in [0.4, 0.5) is 4.39 Å². The van der Waals surface area contributed by atoms with Crippen LogP contribution in [0.2, 0.25) is 5.02 Å². The molecule has 0 fully saturated rings. The Morgan fingerprint density at radius 2 is 2.14 bits per heavy atom. The molecule has 5 heteroatoms. The van der Waals surface area contributed by atoms with E-state index in [4.69, 9.17) is 17.4 Å². The zero-order valence-corrected chi connectivity index (χ0v) is 12.9. The Hall–Kier alpha value is -1.07. The lowest BCUT2D eigenvalue weighted by molar-refractivity contribution is 0.462. The first-order valence-corrected chi connectivity index (χ1v) is 8.17. The maximum absolute atomic E-state index is 13.4. The number of rotatable bonds is 4. The van der Waals surface area contributed by atoms with Crippen molar-refractivity contribution in [1.82, 2.24) is 5.43 Å². The molecule has 0 aromatic heterocycles. The van der Waals surface area contributed by atoms with Gasteiger partial charge in [-0.1, -0.05) is 29.8 Å². The second-order valence-corrected chi connectivity index (χ2v) is 6.64. The zero-order chi connectivity index (χ0) is 14.8. The summed E-state index contributed by atoms with van der Waals surface area (Å²) in [6, 6.07) is 12.8. The summed E-state index contributed by atoms with van der Waals surface area (Å²) >= 11 is 8.00. The van der Waals surface area contributed by atoms with E-state index in [0.29, 0.717) is 17.4 Å². The van der Waals surface area contributed by atoms with E-state index in [2.05, 4.69) is 17.6 Å². The monoisotopic (exact) mass is 322 g/mol. The van der Waals surface area contributed by atoms with E-state index in [9.17, 15) is 4.39 Å². The summed E-state index contributed by atoms with van der Waals surface area (Å²) in [6.07, 6.45) is 0.604. The molecule has 2 atom stereocenters. The summed E-state index contributed by atoms with van der Waals surface area (Å²) in [5.41, 5.74) is 4.98. The number of thioether (sulfide) groups is 1. The molecule has 2 unspecified atom stereocenters. The molecule has 21 heavy (non-hydrogen) atoms. The van der Waals surface area contributed by atoms with Crippen molar-refractivity contribution < 1.29 is 4.39 Å². The van der Waals surface area contributed by atoms with E-state index in [1.165, 1.54) is 22.6 Å². The number of hydrazine groups is 1. The Bertz CT molecular complexity index is 650. The molecule has 1 aliphatic heterocycles. The van der Waals surface area contributed by atoms with Gasteiger partial charge in [-0.05, 0) is 41.8 Å². The van der Waals surface area contributed by atoms with Crippen molar-refractivity contribution in [2.24, 2.45) is 5.84 Å². The molecule has 3 rings (SSSR count). The summed E-state index contributed by atoms with van der Waals surface area (Å²) < 4.78 is 13.4. The first kappa shape index (κ1) is 14.9. The highest BCUT2D eigenvalue weighted by Gasteiger charge is 2.30. The van der Waals surface area contributed by atoms with Crippen LogP contribution in [0.15, 0.2) is 47.4 Å². The molecule has 1 aliphatic rings. The van der Waals surface area contributed by atoms with Gasteiger partial charge in [0.2, 0.25) is 0 Å². The molecule has 0 bridgehead atoms. The third-order valence-electron chi connectivity index (χ3n) is 3.88. The first-order chi connectivity index (χ1) is 10.2. The van der Waals surface area contributed by atoms with Crippen molar-refractivity contribution in [1.29, 1.82) is 0 Å². The van der Waals surface area contributed by atoms with Gasteiger partial charge >= 0.3 is 0 Å². The zero-order valence-electron chi connectivity index (χ0n) is 11.4. The Labute approximate surface area is 132 Å². The molecule has 2 aromatic carbocycles. The molecule has 0 aliphatic carbocycles. The van der Waals surface area contributed by atoms with Gasteiger partial charge in [0.05, 0.1) is 0 Å². The number of halogens is 2. The molecule has 2 aromatic rings. The fourth-order valence-corrected chi connectivity index (χ4v) is 4.30. The smallest absolute Gasteiger partial charge is 0.123 e. The van der Waals surface area contributed by atoms with Gasteiger partial charge in [-0.15, -0.1) is 11.8 Å². The summed E-state index contributed by atoms with van der Waals surface area (Å²) in [5, 5.41) is 0.579. The molecule has 0 saturated heterocycles. The van der Waals surface area contributed by atoms with Crippen LogP contribution in [0.1, 0.15) is 17.0 Å². The van der Waals surface area contributed by atoms with E-state index >= 15 is 0 Å². The SMILES string of the molecule is NNC(Cc1cc(F)ccc1Cl)C1CSc2ccccc21. The highest BCUT2D eigenvalue weighted by Crippen LogP contribution is 2.41. The van der Waals surface area contributed by atoms with Crippen molar-refractivity contribution in [2.75, 3.05) is 5.75 Å². The Balaban J connectivity index is 1.85. The van der Waals surface area contributed by atoms with Crippen LogP contribution in [0.5, 0.6) is 0 Å². The Morgan fingerprint density at radius 1 is 1.33 bits per heavy atom. The van der Waals surface area contributed by atoms with Gasteiger partial charge in [-0.3, -0.25) is 11.3 Å². The van der Waals surface area contributed by atoms with E-state index in [1.54, 1.807) is 6.07 Å². The molecule has 0 spiro atoms. The number of nitrogens with two attached hydrogens (primary N) is 1. The van der Waals surface area contributed by atoms with Crippen molar-refractivity contribution in [3.63, 3.8) is 0 Å². The lowest BCUT2D eigenvalue weighted by Gasteiger charge is -2.23. The number of fused-ring (bicyclic) bond motifs is 1. The quantitative estimate of drug-likeness (QED) is 0.665. The molecule has 0 amide bonds. The van der Waals surface area contributed by atoms with Crippen LogP contribution in [0, 0.1) is 5.82 Å². The number of nitrogens with one attached hydrogen (secondary N) is 1. The molecule has 0 radical (unpaired) electrons. The van der Waals surface area contributed by atoms with Crippen LogP contribution in [-0.2, 0) is 6.42 Å². The highest BCUT2D eigenvalue weighted by molar-refractivity contribution is 7.99. The minimum atomic E-state index is -0.272. The highest BCUT2D eigenvalue weighted by atomic mass is 35.5. The third-order valence-corrected chi connectivity index (χ3v) is 5.46. The van der Waals surface area contributed by atoms with E-state index < -0.39 is 0 Å². The second-order valence-electron chi connectivity index (χ2n) is 5.17. The van der Waals surface area contributed by atoms with Crippen molar-refractivity contribution >= 4 is 23.4 Å². The van der Waals surface area contributed by atoms with Gasteiger partial charge in [0, 0.05) is 27.6 Å². The molecule has 3 N–H and O–H groups in total. The van der Waals surface area contributed by atoms with Crippen LogP contribution < -0.4 is 11.3 Å².